The molecule has 0 heterocycles. The maximum Gasteiger partial charge on any atom is 0.484 e. The van der Waals surface area contributed by atoms with Gasteiger partial charge in [-0.05, 0) is 6.42 Å². The fraction of sp³-hybridized carbons (Fsp3) is 1.00. The molecule has 3 nitrogen and oxygen atoms in total. The first-order valence-electron chi connectivity index (χ1n) is 5.89. The van der Waals surface area contributed by atoms with E-state index in [1.54, 1.807) is 0 Å². The summed E-state index contributed by atoms with van der Waals surface area (Å²) in [4.78, 5) is 0. The molecule has 0 aliphatic heterocycles. The minimum absolute atomic E-state index is 0.0000151. The molecule has 0 radical (unpaired) electrons. The van der Waals surface area contributed by atoms with Crippen LogP contribution >= 0.6 is 0 Å². The van der Waals surface area contributed by atoms with Gasteiger partial charge >= 0.3 is 12.3 Å². The van der Waals surface area contributed by atoms with Crippen LogP contribution in [0.5, 0.6) is 0 Å². The summed E-state index contributed by atoms with van der Waals surface area (Å²) in [6, 6.07) is 0. The Morgan fingerprint density at radius 1 is 0.895 bits per heavy atom. The van der Waals surface area contributed by atoms with E-state index in [-0.39, 0.29) is 6.42 Å². The second kappa shape index (κ2) is 7.37. The van der Waals surface area contributed by atoms with Gasteiger partial charge in [0.15, 0.2) is 0 Å². The highest BCUT2D eigenvalue weighted by atomic mass is 32.2. The largest absolute Gasteiger partial charge is 0.484 e. The Balaban J connectivity index is 4.13. The zero-order chi connectivity index (χ0) is 15.2. The van der Waals surface area contributed by atoms with Crippen LogP contribution < -0.4 is 0 Å². The average molecular weight is 312 g/mol. The van der Waals surface area contributed by atoms with E-state index in [1.165, 1.54) is 0 Å². The standard InChI is InChI=1S/C10H17F5O3S/c1-2-3-4-5-6-7-8-19(16,17)18-10(14,15)9(11,12)13/h2-8H2,1H3. The first-order valence-corrected chi connectivity index (χ1v) is 7.47. The normalized spacial score (nSPS) is 13.8. The molecule has 0 spiro atoms. The molecule has 0 bridgehead atoms. The number of unbranched alkanes of at least 4 members (excludes halogenated alkanes) is 5. The van der Waals surface area contributed by atoms with Crippen LogP contribution in [-0.2, 0) is 14.3 Å². The maximum absolute atomic E-state index is 12.4. The summed E-state index contributed by atoms with van der Waals surface area (Å²) in [6.45, 7) is 1.98. The van der Waals surface area contributed by atoms with Crippen molar-refractivity contribution in [3.8, 4) is 0 Å². The zero-order valence-electron chi connectivity index (χ0n) is 10.5. The highest BCUT2D eigenvalue weighted by Crippen LogP contribution is 2.37. The summed E-state index contributed by atoms with van der Waals surface area (Å²) in [7, 11) is -4.89. The van der Waals surface area contributed by atoms with Crippen LogP contribution in [-0.4, -0.2) is 26.5 Å². The van der Waals surface area contributed by atoms with E-state index in [0.717, 1.165) is 19.3 Å². The van der Waals surface area contributed by atoms with Gasteiger partial charge < -0.3 is 0 Å². The number of hydrogen-bond donors (Lipinski definition) is 0. The summed E-state index contributed by atoms with van der Waals surface area (Å²) in [6.07, 6.45) is -7.74. The van der Waals surface area contributed by atoms with Crippen LogP contribution in [0.25, 0.3) is 0 Å². The SMILES string of the molecule is CCCCCCCCS(=O)(=O)OC(F)(F)C(F)(F)F. The lowest BCUT2D eigenvalue weighted by atomic mass is 10.1. The van der Waals surface area contributed by atoms with Gasteiger partial charge in [0, 0.05) is 0 Å². The molecule has 0 saturated carbocycles. The molecule has 116 valence electrons. The third kappa shape index (κ3) is 7.66. The molecule has 0 unspecified atom stereocenters. The molecule has 19 heavy (non-hydrogen) atoms. The predicted molar refractivity (Wildman–Crippen MR) is 59.2 cm³/mol. The van der Waals surface area contributed by atoms with Crippen molar-refractivity contribution in [1.29, 1.82) is 0 Å². The van der Waals surface area contributed by atoms with Crippen molar-refractivity contribution >= 4 is 10.1 Å². The Labute approximate surface area is 109 Å². The second-order valence-electron chi connectivity index (χ2n) is 4.13. The third-order valence-corrected chi connectivity index (χ3v) is 3.56. The topological polar surface area (TPSA) is 43.4 Å². The van der Waals surface area contributed by atoms with Crippen molar-refractivity contribution in [2.75, 3.05) is 5.75 Å². The van der Waals surface area contributed by atoms with Crippen molar-refractivity contribution in [3.63, 3.8) is 0 Å². The van der Waals surface area contributed by atoms with E-state index in [0.29, 0.717) is 12.8 Å². The predicted octanol–water partition coefficient (Wildman–Crippen LogP) is 3.85. The lowest BCUT2D eigenvalue weighted by molar-refractivity contribution is -0.359. The Kier molecular flexibility index (Phi) is 7.20. The molecule has 0 rings (SSSR count). The van der Waals surface area contributed by atoms with Crippen LogP contribution in [0.2, 0.25) is 0 Å². The lowest BCUT2D eigenvalue weighted by Crippen LogP contribution is -2.41. The average Bonchev–Trinajstić information content (AvgIpc) is 2.20. The number of alkyl halides is 5. The third-order valence-electron chi connectivity index (χ3n) is 2.31. The fourth-order valence-corrected chi connectivity index (χ4v) is 2.36. The van der Waals surface area contributed by atoms with Crippen LogP contribution in [0, 0.1) is 0 Å². The smallest absolute Gasteiger partial charge is 0.199 e. The summed E-state index contributed by atoms with van der Waals surface area (Å²) in [5, 5.41) is 0. The minimum Gasteiger partial charge on any atom is -0.199 e. The Morgan fingerprint density at radius 3 is 1.84 bits per heavy atom. The molecular formula is C10H17F5O3S. The molecule has 0 aromatic carbocycles. The van der Waals surface area contributed by atoms with E-state index in [9.17, 15) is 30.4 Å². The molecule has 0 fully saturated rings. The molecule has 9 heteroatoms. The molecule has 0 N–H and O–H groups in total. The van der Waals surface area contributed by atoms with E-state index in [4.69, 9.17) is 0 Å². The van der Waals surface area contributed by atoms with Crippen molar-refractivity contribution in [2.24, 2.45) is 0 Å². The first kappa shape index (κ1) is 18.6. The molecule has 0 aromatic rings. The van der Waals surface area contributed by atoms with Crippen LogP contribution in [0.15, 0.2) is 0 Å². The van der Waals surface area contributed by atoms with Crippen molar-refractivity contribution in [2.45, 2.75) is 57.7 Å². The molecular weight excluding hydrogens is 295 g/mol. The van der Waals surface area contributed by atoms with E-state index in [2.05, 4.69) is 4.18 Å². The van der Waals surface area contributed by atoms with Gasteiger partial charge in [-0.15, -0.1) is 0 Å². The summed E-state index contributed by atoms with van der Waals surface area (Å²) < 4.78 is 84.9. The molecule has 0 aromatic heterocycles. The Morgan fingerprint density at radius 2 is 1.37 bits per heavy atom. The van der Waals surface area contributed by atoms with Gasteiger partial charge in [-0.1, -0.05) is 39.0 Å². The Bertz CT molecular complexity index is 351. The monoisotopic (exact) mass is 312 g/mol. The lowest BCUT2D eigenvalue weighted by Gasteiger charge is -2.18. The van der Waals surface area contributed by atoms with E-state index < -0.39 is 28.2 Å². The van der Waals surface area contributed by atoms with Gasteiger partial charge in [-0.3, -0.25) is 0 Å². The molecule has 0 aliphatic carbocycles. The van der Waals surface area contributed by atoms with Gasteiger partial charge in [-0.25, -0.2) is 0 Å². The van der Waals surface area contributed by atoms with Gasteiger partial charge in [-0.2, -0.15) is 34.6 Å². The fourth-order valence-electron chi connectivity index (χ4n) is 1.31. The van der Waals surface area contributed by atoms with Gasteiger partial charge in [0.05, 0.1) is 5.75 Å². The van der Waals surface area contributed by atoms with Gasteiger partial charge in [0.2, 0.25) is 0 Å². The van der Waals surface area contributed by atoms with Crippen molar-refractivity contribution in [1.82, 2.24) is 0 Å². The van der Waals surface area contributed by atoms with E-state index >= 15 is 0 Å². The van der Waals surface area contributed by atoms with Gasteiger partial charge in [0.1, 0.15) is 0 Å². The highest BCUT2D eigenvalue weighted by Gasteiger charge is 2.62. The summed E-state index contributed by atoms with van der Waals surface area (Å²) in [5.74, 6) is -0.842. The summed E-state index contributed by atoms with van der Waals surface area (Å²) >= 11 is 0. The minimum atomic E-state index is -6.04. The van der Waals surface area contributed by atoms with Crippen LogP contribution in [0.4, 0.5) is 22.0 Å². The first-order chi connectivity index (χ1) is 8.52. The Hall–Kier alpha value is -0.440. The number of hydrogen-bond acceptors (Lipinski definition) is 3. The molecule has 0 aliphatic rings. The number of halogens is 5. The van der Waals surface area contributed by atoms with Crippen LogP contribution in [0.1, 0.15) is 45.4 Å². The van der Waals surface area contributed by atoms with E-state index in [1.807, 2.05) is 6.92 Å². The van der Waals surface area contributed by atoms with Crippen molar-refractivity contribution in [3.05, 3.63) is 0 Å². The van der Waals surface area contributed by atoms with Crippen LogP contribution in [0.3, 0.4) is 0 Å². The quantitative estimate of drug-likeness (QED) is 0.369. The zero-order valence-corrected chi connectivity index (χ0v) is 11.3. The second-order valence-corrected chi connectivity index (χ2v) is 5.82. The number of rotatable bonds is 9. The van der Waals surface area contributed by atoms with Gasteiger partial charge in [0.25, 0.3) is 10.1 Å². The molecule has 0 atom stereocenters. The summed E-state index contributed by atoms with van der Waals surface area (Å²) in [5.41, 5.74) is 0. The molecule has 0 saturated heterocycles. The van der Waals surface area contributed by atoms with Crippen molar-refractivity contribution < 1.29 is 34.6 Å². The maximum atomic E-state index is 12.4. The highest BCUT2D eigenvalue weighted by molar-refractivity contribution is 7.86. The molecule has 0 amide bonds.